The Labute approximate surface area is 104 Å². The second kappa shape index (κ2) is 4.79. The van der Waals surface area contributed by atoms with Crippen LogP contribution in [0.1, 0.15) is 21.5 Å². The summed E-state index contributed by atoms with van der Waals surface area (Å²) >= 11 is 0. The van der Waals surface area contributed by atoms with Gasteiger partial charge in [-0.25, -0.2) is 4.79 Å². The number of carboxylic acid groups (broad SMARTS) is 1. The molecule has 0 heterocycles. The van der Waals surface area contributed by atoms with Crippen LogP contribution in [0.2, 0.25) is 0 Å². The van der Waals surface area contributed by atoms with Gasteiger partial charge in [0.15, 0.2) is 0 Å². The van der Waals surface area contributed by atoms with Crippen LogP contribution in [0.5, 0.6) is 11.5 Å². The van der Waals surface area contributed by atoms with Gasteiger partial charge < -0.3 is 15.3 Å². The van der Waals surface area contributed by atoms with E-state index >= 15 is 0 Å². The van der Waals surface area contributed by atoms with Gasteiger partial charge in [0.25, 0.3) is 0 Å². The number of phenolic OH excluding ortho intramolecular Hbond substituents is 1. The standard InChI is InChI=1S/C14H12O4/c15-11-7-10(6-9-4-2-1-3-5-9)13(16)12(8-11)14(17)18/h1-5,7-8,15-16H,6H2,(H,17,18). The zero-order valence-corrected chi connectivity index (χ0v) is 9.50. The zero-order chi connectivity index (χ0) is 13.1. The summed E-state index contributed by atoms with van der Waals surface area (Å²) in [5.74, 6) is -1.74. The third kappa shape index (κ3) is 2.43. The van der Waals surface area contributed by atoms with E-state index in [0.29, 0.717) is 12.0 Å². The van der Waals surface area contributed by atoms with Crippen molar-refractivity contribution in [3.8, 4) is 11.5 Å². The molecule has 0 amide bonds. The molecule has 2 aromatic carbocycles. The molecule has 2 rings (SSSR count). The average molecular weight is 244 g/mol. The van der Waals surface area contributed by atoms with Crippen LogP contribution in [0.25, 0.3) is 0 Å². The predicted octanol–water partition coefficient (Wildman–Crippen LogP) is 2.39. The summed E-state index contributed by atoms with van der Waals surface area (Å²) in [6.07, 6.45) is 0.362. The van der Waals surface area contributed by atoms with Crippen LogP contribution in [0.15, 0.2) is 42.5 Å². The highest BCUT2D eigenvalue weighted by Crippen LogP contribution is 2.29. The first-order valence-electron chi connectivity index (χ1n) is 5.40. The Kier molecular flexibility index (Phi) is 3.19. The van der Waals surface area contributed by atoms with E-state index in [1.54, 1.807) is 0 Å². The third-order valence-corrected chi connectivity index (χ3v) is 2.64. The average Bonchev–Trinajstić information content (AvgIpc) is 2.34. The molecule has 0 saturated carbocycles. The number of rotatable bonds is 3. The van der Waals surface area contributed by atoms with E-state index in [4.69, 9.17) is 5.11 Å². The Hall–Kier alpha value is -2.49. The molecule has 0 spiro atoms. The minimum Gasteiger partial charge on any atom is -0.508 e. The molecule has 2 aromatic rings. The molecule has 0 aliphatic carbocycles. The topological polar surface area (TPSA) is 77.8 Å². The molecule has 0 bridgehead atoms. The van der Waals surface area contributed by atoms with Gasteiger partial charge in [-0.05, 0) is 17.7 Å². The van der Waals surface area contributed by atoms with Gasteiger partial charge in [0.05, 0.1) is 0 Å². The second-order valence-corrected chi connectivity index (χ2v) is 3.97. The molecule has 0 fully saturated rings. The van der Waals surface area contributed by atoms with Crippen LogP contribution in [0.3, 0.4) is 0 Å². The van der Waals surface area contributed by atoms with Crippen LogP contribution < -0.4 is 0 Å². The van der Waals surface area contributed by atoms with Gasteiger partial charge in [0.1, 0.15) is 17.1 Å². The fraction of sp³-hybridized carbons (Fsp3) is 0.0714. The van der Waals surface area contributed by atoms with E-state index in [1.807, 2.05) is 30.3 Å². The molecule has 0 radical (unpaired) electrons. The van der Waals surface area contributed by atoms with Gasteiger partial charge >= 0.3 is 5.97 Å². The lowest BCUT2D eigenvalue weighted by Crippen LogP contribution is -2.00. The summed E-state index contributed by atoms with van der Waals surface area (Å²) in [6, 6.07) is 11.7. The molecule has 0 aromatic heterocycles. The maximum absolute atomic E-state index is 10.9. The van der Waals surface area contributed by atoms with Crippen molar-refractivity contribution in [2.24, 2.45) is 0 Å². The van der Waals surface area contributed by atoms with Gasteiger partial charge in [-0.2, -0.15) is 0 Å². The molecule has 0 unspecified atom stereocenters. The number of aromatic hydroxyl groups is 2. The molecule has 0 atom stereocenters. The highest BCUT2D eigenvalue weighted by atomic mass is 16.4. The lowest BCUT2D eigenvalue weighted by molar-refractivity contribution is 0.0693. The monoisotopic (exact) mass is 244 g/mol. The largest absolute Gasteiger partial charge is 0.508 e. The van der Waals surface area contributed by atoms with Crippen LogP contribution in [0.4, 0.5) is 0 Å². The number of phenols is 2. The van der Waals surface area contributed by atoms with Crippen molar-refractivity contribution in [2.75, 3.05) is 0 Å². The van der Waals surface area contributed by atoms with Gasteiger partial charge in [-0.3, -0.25) is 0 Å². The first kappa shape index (κ1) is 12.0. The number of hydrogen-bond acceptors (Lipinski definition) is 3. The fourth-order valence-corrected chi connectivity index (χ4v) is 1.79. The number of carboxylic acids is 1. The molecular weight excluding hydrogens is 232 g/mol. The maximum atomic E-state index is 10.9. The van der Waals surface area contributed by atoms with E-state index in [-0.39, 0.29) is 17.1 Å². The summed E-state index contributed by atoms with van der Waals surface area (Å²) in [4.78, 5) is 10.9. The van der Waals surface area contributed by atoms with Crippen LogP contribution in [-0.4, -0.2) is 21.3 Å². The highest BCUT2D eigenvalue weighted by Gasteiger charge is 2.15. The van der Waals surface area contributed by atoms with Crippen LogP contribution in [0, 0.1) is 0 Å². The zero-order valence-electron chi connectivity index (χ0n) is 9.50. The Morgan fingerprint density at radius 3 is 2.33 bits per heavy atom. The van der Waals surface area contributed by atoms with Crippen LogP contribution >= 0.6 is 0 Å². The molecule has 18 heavy (non-hydrogen) atoms. The summed E-state index contributed by atoms with van der Waals surface area (Å²) < 4.78 is 0. The number of hydrogen-bond donors (Lipinski definition) is 3. The summed E-state index contributed by atoms with van der Waals surface area (Å²) in [5, 5.41) is 28.2. The normalized spacial score (nSPS) is 10.2. The van der Waals surface area contributed by atoms with Gasteiger partial charge in [0.2, 0.25) is 0 Å². The highest BCUT2D eigenvalue weighted by molar-refractivity contribution is 5.91. The second-order valence-electron chi connectivity index (χ2n) is 3.97. The molecule has 0 saturated heterocycles. The van der Waals surface area contributed by atoms with Gasteiger partial charge in [0, 0.05) is 12.0 Å². The third-order valence-electron chi connectivity index (χ3n) is 2.64. The molecule has 4 heteroatoms. The Balaban J connectivity index is 2.42. The van der Waals surface area contributed by atoms with E-state index in [1.165, 1.54) is 6.07 Å². The number of benzene rings is 2. The van der Waals surface area contributed by atoms with Gasteiger partial charge in [-0.15, -0.1) is 0 Å². The first-order chi connectivity index (χ1) is 8.58. The Morgan fingerprint density at radius 2 is 1.72 bits per heavy atom. The smallest absolute Gasteiger partial charge is 0.339 e. The van der Waals surface area contributed by atoms with E-state index in [2.05, 4.69) is 0 Å². The molecule has 0 aliphatic rings. The van der Waals surface area contributed by atoms with Crippen molar-refractivity contribution >= 4 is 5.97 Å². The molecule has 4 nitrogen and oxygen atoms in total. The molecule has 3 N–H and O–H groups in total. The molecule has 92 valence electrons. The van der Waals surface area contributed by atoms with E-state index < -0.39 is 5.97 Å². The van der Waals surface area contributed by atoms with E-state index in [0.717, 1.165) is 11.6 Å². The first-order valence-corrected chi connectivity index (χ1v) is 5.40. The quantitative estimate of drug-likeness (QED) is 0.724. The van der Waals surface area contributed by atoms with Crippen molar-refractivity contribution in [3.63, 3.8) is 0 Å². The fourth-order valence-electron chi connectivity index (χ4n) is 1.79. The lowest BCUT2D eigenvalue weighted by Gasteiger charge is -2.08. The predicted molar refractivity (Wildman–Crippen MR) is 66.0 cm³/mol. The SMILES string of the molecule is O=C(O)c1cc(O)cc(Cc2ccccc2)c1O. The van der Waals surface area contributed by atoms with Crippen LogP contribution in [-0.2, 0) is 6.42 Å². The Morgan fingerprint density at radius 1 is 1.06 bits per heavy atom. The number of aromatic carboxylic acids is 1. The minimum atomic E-state index is -1.27. The Bertz CT molecular complexity index is 576. The summed E-state index contributed by atoms with van der Waals surface area (Å²) in [7, 11) is 0. The van der Waals surface area contributed by atoms with Gasteiger partial charge in [-0.1, -0.05) is 30.3 Å². The number of carbonyl (C=O) groups is 1. The van der Waals surface area contributed by atoms with Crippen molar-refractivity contribution in [2.45, 2.75) is 6.42 Å². The molecular formula is C14H12O4. The maximum Gasteiger partial charge on any atom is 0.339 e. The summed E-state index contributed by atoms with van der Waals surface area (Å²) in [5.41, 5.74) is 1.02. The lowest BCUT2D eigenvalue weighted by atomic mass is 10.0. The van der Waals surface area contributed by atoms with Crippen molar-refractivity contribution in [3.05, 3.63) is 59.2 Å². The summed E-state index contributed by atoms with van der Waals surface area (Å²) in [6.45, 7) is 0. The van der Waals surface area contributed by atoms with Crippen molar-refractivity contribution < 1.29 is 20.1 Å². The van der Waals surface area contributed by atoms with E-state index in [9.17, 15) is 15.0 Å². The van der Waals surface area contributed by atoms with Crippen molar-refractivity contribution in [1.29, 1.82) is 0 Å². The minimum absolute atomic E-state index is 0.170. The molecule has 0 aliphatic heterocycles. The van der Waals surface area contributed by atoms with Crippen molar-refractivity contribution in [1.82, 2.24) is 0 Å².